The van der Waals surface area contributed by atoms with E-state index in [1.807, 2.05) is 6.08 Å². The number of rotatable bonds is 6. The van der Waals surface area contributed by atoms with Crippen molar-refractivity contribution < 1.29 is 14.0 Å². The molecular formula is C31H40O3Si. The molecule has 3 aliphatic rings. The van der Waals surface area contributed by atoms with Gasteiger partial charge in [0.25, 0.3) is 8.32 Å². The average molecular weight is 489 g/mol. The van der Waals surface area contributed by atoms with Gasteiger partial charge in [-0.05, 0) is 59.9 Å². The summed E-state index contributed by atoms with van der Waals surface area (Å²) in [7, 11) is -2.66. The minimum atomic E-state index is -2.66. The van der Waals surface area contributed by atoms with Gasteiger partial charge in [-0.1, -0.05) is 87.5 Å². The highest BCUT2D eigenvalue weighted by Gasteiger charge is 2.68. The maximum absolute atomic E-state index is 13.4. The van der Waals surface area contributed by atoms with Gasteiger partial charge in [0, 0.05) is 24.5 Å². The first kappa shape index (κ1) is 24.7. The highest BCUT2D eigenvalue weighted by atomic mass is 28.4. The molecule has 2 aromatic rings. The van der Waals surface area contributed by atoms with E-state index in [-0.39, 0.29) is 16.6 Å². The van der Waals surface area contributed by atoms with Gasteiger partial charge >= 0.3 is 0 Å². The van der Waals surface area contributed by atoms with E-state index in [1.165, 1.54) is 10.4 Å². The van der Waals surface area contributed by atoms with Gasteiger partial charge in [0.1, 0.15) is 5.60 Å². The van der Waals surface area contributed by atoms with Crippen molar-refractivity contribution in [3.05, 3.63) is 73.3 Å². The number of carbonyl (C=O) groups is 1. The van der Waals surface area contributed by atoms with Crippen LogP contribution in [-0.4, -0.2) is 32.4 Å². The summed E-state index contributed by atoms with van der Waals surface area (Å²) in [4.78, 5) is 13.4. The van der Waals surface area contributed by atoms with Crippen molar-refractivity contribution in [2.75, 3.05) is 6.61 Å². The lowest BCUT2D eigenvalue weighted by atomic mass is 9.59. The van der Waals surface area contributed by atoms with Gasteiger partial charge < -0.3 is 9.16 Å². The van der Waals surface area contributed by atoms with Crippen molar-refractivity contribution >= 4 is 24.5 Å². The molecule has 2 saturated carbocycles. The van der Waals surface area contributed by atoms with Gasteiger partial charge in [-0.3, -0.25) is 4.79 Å². The Hall–Kier alpha value is -2.01. The Morgan fingerprint density at radius 2 is 1.69 bits per heavy atom. The predicted octanol–water partition coefficient (Wildman–Crippen LogP) is 5.82. The molecule has 35 heavy (non-hydrogen) atoms. The van der Waals surface area contributed by atoms with Gasteiger partial charge in [-0.2, -0.15) is 0 Å². The molecule has 1 heterocycles. The van der Waals surface area contributed by atoms with Crippen LogP contribution in [0.15, 0.2) is 73.3 Å². The molecule has 2 aromatic carbocycles. The van der Waals surface area contributed by atoms with Crippen molar-refractivity contribution in [1.29, 1.82) is 0 Å². The van der Waals surface area contributed by atoms with Crippen molar-refractivity contribution in [1.82, 2.24) is 0 Å². The van der Waals surface area contributed by atoms with Crippen molar-refractivity contribution in [3.63, 3.8) is 0 Å². The molecule has 2 aliphatic carbocycles. The largest absolute Gasteiger partial charge is 0.404 e. The van der Waals surface area contributed by atoms with Gasteiger partial charge in [0.2, 0.25) is 0 Å². The quantitative estimate of drug-likeness (QED) is 0.380. The fourth-order valence-corrected chi connectivity index (χ4v) is 12.5. The third kappa shape index (κ3) is 3.72. The lowest BCUT2D eigenvalue weighted by molar-refractivity contribution is -0.155. The molecule has 3 fully saturated rings. The minimum Gasteiger partial charge on any atom is -0.404 e. The molecule has 0 aromatic heterocycles. The number of ether oxygens (including phenoxy) is 1. The number of hydrogen-bond acceptors (Lipinski definition) is 3. The fourth-order valence-electron chi connectivity index (χ4n) is 7.76. The molecule has 5 rings (SSSR count). The third-order valence-electron chi connectivity index (χ3n) is 9.19. The van der Waals surface area contributed by atoms with Crippen LogP contribution in [0.5, 0.6) is 0 Å². The monoisotopic (exact) mass is 488 g/mol. The van der Waals surface area contributed by atoms with Gasteiger partial charge in [0.05, 0.1) is 0 Å². The topological polar surface area (TPSA) is 35.5 Å². The number of Topliss-reactive ketones (excluding diaryl/α,β-unsaturated/α-hetero) is 1. The zero-order chi connectivity index (χ0) is 24.7. The molecule has 4 heteroatoms. The molecule has 0 bridgehead atoms. The highest BCUT2D eigenvalue weighted by molar-refractivity contribution is 6.99. The summed E-state index contributed by atoms with van der Waals surface area (Å²) >= 11 is 0. The van der Waals surface area contributed by atoms with E-state index < -0.39 is 13.9 Å². The zero-order valence-electron chi connectivity index (χ0n) is 21.6. The normalized spacial score (nSPS) is 31.0. The maximum atomic E-state index is 13.4. The van der Waals surface area contributed by atoms with E-state index in [0.29, 0.717) is 24.7 Å². The second kappa shape index (κ2) is 9.13. The molecule has 3 nitrogen and oxygen atoms in total. The summed E-state index contributed by atoms with van der Waals surface area (Å²) in [6, 6.07) is 21.8. The van der Waals surface area contributed by atoms with Crippen LogP contribution in [0.1, 0.15) is 65.7 Å². The minimum absolute atomic E-state index is 0.0643. The first-order chi connectivity index (χ1) is 16.8. The van der Waals surface area contributed by atoms with Crippen LogP contribution in [0.4, 0.5) is 0 Å². The number of carbonyl (C=O) groups excluding carboxylic acids is 1. The van der Waals surface area contributed by atoms with Crippen LogP contribution >= 0.6 is 0 Å². The second-order valence-electron chi connectivity index (χ2n) is 11.9. The Balaban J connectivity index is 1.60. The Morgan fingerprint density at radius 3 is 2.20 bits per heavy atom. The smallest absolute Gasteiger partial charge is 0.261 e. The first-order valence-corrected chi connectivity index (χ1v) is 15.3. The van der Waals surface area contributed by atoms with Crippen molar-refractivity contribution in [2.24, 2.45) is 11.3 Å². The molecular weight excluding hydrogens is 448 g/mol. The predicted molar refractivity (Wildman–Crippen MR) is 145 cm³/mol. The van der Waals surface area contributed by atoms with Gasteiger partial charge in [-0.15, -0.1) is 6.58 Å². The number of hydrogen-bond donors (Lipinski definition) is 0. The third-order valence-corrected chi connectivity index (χ3v) is 14.3. The number of benzene rings is 2. The van der Waals surface area contributed by atoms with E-state index in [1.54, 1.807) is 0 Å². The maximum Gasteiger partial charge on any atom is 0.261 e. The van der Waals surface area contributed by atoms with Gasteiger partial charge in [0.15, 0.2) is 5.78 Å². The van der Waals surface area contributed by atoms with Crippen LogP contribution in [0.2, 0.25) is 5.04 Å². The summed E-state index contributed by atoms with van der Waals surface area (Å²) < 4.78 is 14.0. The van der Waals surface area contributed by atoms with Gasteiger partial charge in [-0.25, -0.2) is 0 Å². The van der Waals surface area contributed by atoms with E-state index in [0.717, 1.165) is 38.5 Å². The van der Waals surface area contributed by atoms with Crippen LogP contribution in [0.25, 0.3) is 0 Å². The summed E-state index contributed by atoms with van der Waals surface area (Å²) in [5.41, 5.74) is -0.837. The van der Waals surface area contributed by atoms with E-state index in [9.17, 15) is 4.79 Å². The summed E-state index contributed by atoms with van der Waals surface area (Å²) in [6.45, 7) is 11.8. The van der Waals surface area contributed by atoms with Crippen LogP contribution in [-0.2, 0) is 14.0 Å². The summed E-state index contributed by atoms with van der Waals surface area (Å²) in [6.07, 6.45) is 8.30. The highest BCUT2D eigenvalue weighted by Crippen LogP contribution is 2.63. The summed E-state index contributed by atoms with van der Waals surface area (Å²) in [5.74, 6) is 0.693. The Morgan fingerprint density at radius 1 is 1.06 bits per heavy atom. The average Bonchev–Trinajstić information content (AvgIpc) is 3.44. The van der Waals surface area contributed by atoms with Crippen molar-refractivity contribution in [2.45, 2.75) is 82.5 Å². The molecule has 0 amide bonds. The molecule has 186 valence electrons. The lowest BCUT2D eigenvalue weighted by Crippen LogP contribution is -2.68. The molecule has 1 aliphatic heterocycles. The van der Waals surface area contributed by atoms with E-state index in [4.69, 9.17) is 9.16 Å². The first-order valence-electron chi connectivity index (χ1n) is 13.4. The Bertz CT molecular complexity index is 1010. The summed E-state index contributed by atoms with van der Waals surface area (Å²) in [5, 5.41) is 2.56. The Kier molecular flexibility index (Phi) is 6.44. The molecule has 1 spiro atoms. The molecule has 1 saturated heterocycles. The number of allylic oxidation sites excluding steroid dienone is 1. The zero-order valence-corrected chi connectivity index (χ0v) is 22.6. The SMILES string of the molecule is C=CC[C@]12CC(O[Si](c3ccccc3)(c3ccccc3)C(C)(C)C)CC[C@H]1CC(=O)[C@@]21CCCO1. The van der Waals surface area contributed by atoms with Crippen LogP contribution in [0.3, 0.4) is 0 Å². The molecule has 0 radical (unpaired) electrons. The standard InChI is InChI=1S/C31H40O3Si/c1-5-19-30-23-25(18-17-24(30)22-28(32)31(30)20-12-21-33-31)34-35(29(2,3)4,26-13-8-6-9-14-26)27-15-10-7-11-16-27/h5-11,13-16,24-25H,1,12,17-23H2,2-4H3/t24-,25?,30-,31-/m0/s1. The lowest BCUT2D eigenvalue weighted by Gasteiger charge is -2.52. The van der Waals surface area contributed by atoms with Crippen molar-refractivity contribution in [3.8, 4) is 0 Å². The van der Waals surface area contributed by atoms with Crippen LogP contribution < -0.4 is 10.4 Å². The Labute approximate surface area is 212 Å². The van der Waals surface area contributed by atoms with E-state index >= 15 is 0 Å². The molecule has 4 atom stereocenters. The van der Waals surface area contributed by atoms with E-state index in [2.05, 4.69) is 88.0 Å². The number of ketones is 1. The van der Waals surface area contributed by atoms with Crippen LogP contribution in [0, 0.1) is 11.3 Å². The second-order valence-corrected chi connectivity index (χ2v) is 16.2. The molecule has 1 unspecified atom stereocenters. The molecule has 0 N–H and O–H groups in total. The fraction of sp³-hybridized carbons (Fsp3) is 0.516. The number of fused-ring (bicyclic) bond motifs is 2.